The van der Waals surface area contributed by atoms with Crippen molar-refractivity contribution in [3.05, 3.63) is 28.2 Å². The first kappa shape index (κ1) is 13.6. The Morgan fingerprint density at radius 3 is 2.31 bits per heavy atom. The SMILES string of the molecule is O=S(=O)(CCCO)Nc1c(Cl)cccc1Cl. The highest BCUT2D eigenvalue weighted by Gasteiger charge is 2.14. The Labute approximate surface area is 104 Å². The molecule has 1 aromatic carbocycles. The zero-order valence-corrected chi connectivity index (χ0v) is 10.6. The van der Waals surface area contributed by atoms with Crippen LogP contribution in [0.2, 0.25) is 10.0 Å². The highest BCUT2D eigenvalue weighted by molar-refractivity contribution is 7.92. The number of hydrogen-bond acceptors (Lipinski definition) is 3. The van der Waals surface area contributed by atoms with Crippen LogP contribution in [0.3, 0.4) is 0 Å². The van der Waals surface area contributed by atoms with Gasteiger partial charge in [-0.05, 0) is 18.6 Å². The number of benzene rings is 1. The molecule has 0 unspecified atom stereocenters. The fourth-order valence-electron chi connectivity index (χ4n) is 1.06. The average Bonchev–Trinajstić information content (AvgIpc) is 2.21. The van der Waals surface area contributed by atoms with Crippen molar-refractivity contribution in [3.8, 4) is 0 Å². The van der Waals surface area contributed by atoms with Gasteiger partial charge in [0.05, 0.1) is 21.5 Å². The van der Waals surface area contributed by atoms with Gasteiger partial charge in [0.1, 0.15) is 0 Å². The zero-order valence-electron chi connectivity index (χ0n) is 8.28. The minimum atomic E-state index is -3.52. The smallest absolute Gasteiger partial charge is 0.232 e. The van der Waals surface area contributed by atoms with Crippen LogP contribution >= 0.6 is 23.2 Å². The van der Waals surface area contributed by atoms with Crippen molar-refractivity contribution in [1.82, 2.24) is 0 Å². The van der Waals surface area contributed by atoms with Crippen molar-refractivity contribution in [2.24, 2.45) is 0 Å². The standard InChI is InChI=1S/C9H11Cl2NO3S/c10-7-3-1-4-8(11)9(7)12-16(14,15)6-2-5-13/h1,3-4,12-13H,2,5-6H2. The summed E-state index contributed by atoms with van der Waals surface area (Å²) in [6, 6.07) is 4.70. The van der Waals surface area contributed by atoms with Crippen LogP contribution in [0.5, 0.6) is 0 Å². The highest BCUT2D eigenvalue weighted by Crippen LogP contribution is 2.30. The molecule has 0 atom stereocenters. The molecular formula is C9H11Cl2NO3S. The molecule has 0 bridgehead atoms. The maximum absolute atomic E-state index is 11.5. The fourth-order valence-corrected chi connectivity index (χ4v) is 2.80. The molecular weight excluding hydrogens is 273 g/mol. The van der Waals surface area contributed by atoms with Gasteiger partial charge < -0.3 is 5.11 Å². The third kappa shape index (κ3) is 3.83. The average molecular weight is 284 g/mol. The summed E-state index contributed by atoms with van der Waals surface area (Å²) in [6.45, 7) is -0.183. The van der Waals surface area contributed by atoms with Gasteiger partial charge in [-0.15, -0.1) is 0 Å². The van der Waals surface area contributed by atoms with Crippen LogP contribution in [0.25, 0.3) is 0 Å². The lowest BCUT2D eigenvalue weighted by atomic mass is 10.3. The molecule has 0 saturated carbocycles. The van der Waals surface area contributed by atoms with E-state index in [4.69, 9.17) is 28.3 Å². The molecule has 0 aromatic heterocycles. The zero-order chi connectivity index (χ0) is 12.2. The number of rotatable bonds is 5. The summed E-state index contributed by atoms with van der Waals surface area (Å²) < 4.78 is 25.3. The molecule has 1 aromatic rings. The van der Waals surface area contributed by atoms with Crippen LogP contribution in [-0.2, 0) is 10.0 Å². The van der Waals surface area contributed by atoms with Crippen LogP contribution in [0.1, 0.15) is 6.42 Å². The first-order valence-electron chi connectivity index (χ1n) is 4.51. The molecule has 0 fully saturated rings. The second-order valence-corrected chi connectivity index (χ2v) is 5.75. The van der Waals surface area contributed by atoms with Gasteiger partial charge in [0.25, 0.3) is 0 Å². The quantitative estimate of drug-likeness (QED) is 0.870. The number of nitrogens with one attached hydrogen (secondary N) is 1. The van der Waals surface area contributed by atoms with Gasteiger partial charge in [0.15, 0.2) is 0 Å². The third-order valence-electron chi connectivity index (χ3n) is 1.79. The normalized spacial score (nSPS) is 11.4. The summed E-state index contributed by atoms with van der Waals surface area (Å²) in [5.74, 6) is -0.176. The Balaban J connectivity index is 2.88. The lowest BCUT2D eigenvalue weighted by Crippen LogP contribution is -2.17. The maximum Gasteiger partial charge on any atom is 0.232 e. The summed E-state index contributed by atoms with van der Waals surface area (Å²) in [6.07, 6.45) is 0.164. The number of aliphatic hydroxyl groups is 1. The molecule has 0 aliphatic carbocycles. The Morgan fingerprint density at radius 1 is 1.25 bits per heavy atom. The van der Waals surface area contributed by atoms with Gasteiger partial charge in [-0.3, -0.25) is 4.72 Å². The first-order chi connectivity index (χ1) is 7.46. The topological polar surface area (TPSA) is 66.4 Å². The van der Waals surface area contributed by atoms with Crippen molar-refractivity contribution in [2.75, 3.05) is 17.1 Å². The van der Waals surface area contributed by atoms with Crippen molar-refractivity contribution >= 4 is 38.9 Å². The number of aliphatic hydroxyl groups excluding tert-OH is 1. The summed E-state index contributed by atoms with van der Waals surface area (Å²) >= 11 is 11.6. The molecule has 4 nitrogen and oxygen atoms in total. The summed E-state index contributed by atoms with van der Waals surface area (Å²) in [5, 5.41) is 9.03. The molecule has 0 spiro atoms. The van der Waals surface area contributed by atoms with E-state index in [9.17, 15) is 8.42 Å². The fraction of sp³-hybridized carbons (Fsp3) is 0.333. The Kier molecular flexibility index (Phi) is 4.86. The van der Waals surface area contributed by atoms with E-state index in [1.807, 2.05) is 0 Å². The molecule has 7 heteroatoms. The summed E-state index contributed by atoms with van der Waals surface area (Å²) in [5.41, 5.74) is 0.170. The van der Waals surface area contributed by atoms with E-state index < -0.39 is 10.0 Å². The third-order valence-corrected chi connectivity index (χ3v) is 3.76. The van der Waals surface area contributed by atoms with E-state index in [0.717, 1.165) is 0 Å². The van der Waals surface area contributed by atoms with E-state index in [0.29, 0.717) is 0 Å². The first-order valence-corrected chi connectivity index (χ1v) is 6.92. The maximum atomic E-state index is 11.5. The lowest BCUT2D eigenvalue weighted by Gasteiger charge is -2.10. The van der Waals surface area contributed by atoms with Gasteiger partial charge in [-0.2, -0.15) is 0 Å². The van der Waals surface area contributed by atoms with Crippen molar-refractivity contribution in [1.29, 1.82) is 0 Å². The number of anilines is 1. The molecule has 0 heterocycles. The second-order valence-electron chi connectivity index (χ2n) is 3.09. The van der Waals surface area contributed by atoms with Crippen LogP contribution in [0, 0.1) is 0 Å². The van der Waals surface area contributed by atoms with E-state index in [1.165, 1.54) is 12.1 Å². The number of hydrogen-bond donors (Lipinski definition) is 2. The Morgan fingerprint density at radius 2 is 1.81 bits per heavy atom. The Bertz CT molecular complexity index is 442. The lowest BCUT2D eigenvalue weighted by molar-refractivity contribution is 0.295. The van der Waals surface area contributed by atoms with E-state index in [-0.39, 0.29) is 34.5 Å². The predicted molar refractivity (Wildman–Crippen MR) is 65.6 cm³/mol. The van der Waals surface area contributed by atoms with E-state index in [1.54, 1.807) is 6.07 Å². The minimum Gasteiger partial charge on any atom is -0.396 e. The molecule has 0 amide bonds. The molecule has 0 radical (unpaired) electrons. The minimum absolute atomic E-state index is 0.164. The van der Waals surface area contributed by atoms with E-state index >= 15 is 0 Å². The predicted octanol–water partition coefficient (Wildman–Crippen LogP) is 2.12. The molecule has 1 rings (SSSR count). The second kappa shape index (κ2) is 5.72. The molecule has 0 aliphatic rings. The molecule has 0 saturated heterocycles. The van der Waals surface area contributed by atoms with Crippen molar-refractivity contribution in [3.63, 3.8) is 0 Å². The van der Waals surface area contributed by atoms with Crippen molar-refractivity contribution in [2.45, 2.75) is 6.42 Å². The number of sulfonamides is 1. The van der Waals surface area contributed by atoms with Gasteiger partial charge in [-0.25, -0.2) is 8.42 Å². The van der Waals surface area contributed by atoms with Gasteiger partial charge >= 0.3 is 0 Å². The molecule has 90 valence electrons. The number of halogens is 2. The molecule has 0 aliphatic heterocycles. The van der Waals surface area contributed by atoms with Crippen LogP contribution < -0.4 is 4.72 Å². The monoisotopic (exact) mass is 283 g/mol. The summed E-state index contributed by atoms with van der Waals surface area (Å²) in [4.78, 5) is 0. The van der Waals surface area contributed by atoms with Gasteiger partial charge in [0, 0.05) is 6.61 Å². The van der Waals surface area contributed by atoms with Crippen molar-refractivity contribution < 1.29 is 13.5 Å². The highest BCUT2D eigenvalue weighted by atomic mass is 35.5. The number of para-hydroxylation sites is 1. The van der Waals surface area contributed by atoms with Crippen LogP contribution in [-0.4, -0.2) is 25.9 Å². The Hall–Kier alpha value is -0.490. The largest absolute Gasteiger partial charge is 0.396 e. The van der Waals surface area contributed by atoms with Gasteiger partial charge in [0.2, 0.25) is 10.0 Å². The van der Waals surface area contributed by atoms with Gasteiger partial charge in [-0.1, -0.05) is 29.3 Å². The molecule has 16 heavy (non-hydrogen) atoms. The van der Waals surface area contributed by atoms with Crippen LogP contribution in [0.4, 0.5) is 5.69 Å². The van der Waals surface area contributed by atoms with Crippen LogP contribution in [0.15, 0.2) is 18.2 Å². The molecule has 2 N–H and O–H groups in total. The van der Waals surface area contributed by atoms with E-state index in [2.05, 4.69) is 4.72 Å². The summed E-state index contributed by atoms with van der Waals surface area (Å²) in [7, 11) is -3.52.